The lowest BCUT2D eigenvalue weighted by Gasteiger charge is -2.33. The molecule has 0 aliphatic carbocycles. The van der Waals surface area contributed by atoms with Gasteiger partial charge in [0.1, 0.15) is 0 Å². The highest BCUT2D eigenvalue weighted by Gasteiger charge is 2.30. The minimum Gasteiger partial charge on any atom is -0.391 e. The van der Waals surface area contributed by atoms with Crippen LogP contribution in [-0.2, 0) is 6.42 Å². The largest absolute Gasteiger partial charge is 0.391 e. The molecule has 3 atom stereocenters. The van der Waals surface area contributed by atoms with Crippen LogP contribution >= 0.6 is 0 Å². The Kier molecular flexibility index (Phi) is 3.86. The molecule has 2 heteroatoms. The predicted molar refractivity (Wildman–Crippen MR) is 81.8 cm³/mol. The molecule has 2 N–H and O–H groups in total. The summed E-state index contributed by atoms with van der Waals surface area (Å²) in [5.74, 6) is 0.111. The Hall–Kier alpha value is -1.64. The summed E-state index contributed by atoms with van der Waals surface area (Å²) in [6.07, 6.45) is 0.623. The van der Waals surface area contributed by atoms with Crippen molar-refractivity contribution in [1.29, 1.82) is 0 Å². The second-order valence-electron chi connectivity index (χ2n) is 5.57. The number of rotatable bonds is 3. The number of hydrogen-bond acceptors (Lipinski definition) is 2. The van der Waals surface area contributed by atoms with Crippen LogP contribution in [0.15, 0.2) is 54.6 Å². The summed E-state index contributed by atoms with van der Waals surface area (Å²) < 4.78 is 0. The molecule has 0 saturated heterocycles. The number of hydrogen-bond donors (Lipinski definition) is 2. The second-order valence-corrected chi connectivity index (χ2v) is 5.57. The van der Waals surface area contributed by atoms with E-state index in [0.29, 0.717) is 0 Å². The van der Waals surface area contributed by atoms with Gasteiger partial charge in [-0.05, 0) is 29.7 Å². The molecular weight excluding hydrogens is 246 g/mol. The van der Waals surface area contributed by atoms with Crippen molar-refractivity contribution in [2.24, 2.45) is 0 Å². The Morgan fingerprint density at radius 3 is 2.55 bits per heavy atom. The lowest BCUT2D eigenvalue weighted by molar-refractivity contribution is 0.102. The fraction of sp³-hybridized carbons (Fsp3) is 0.333. The lowest BCUT2D eigenvalue weighted by atomic mass is 9.84. The van der Waals surface area contributed by atoms with Crippen LogP contribution in [0.5, 0.6) is 0 Å². The molecule has 2 nitrogen and oxygen atoms in total. The normalized spacial score (nSPS) is 21.0. The molecule has 1 heterocycles. The van der Waals surface area contributed by atoms with Gasteiger partial charge in [-0.2, -0.15) is 0 Å². The van der Waals surface area contributed by atoms with Crippen molar-refractivity contribution in [1.82, 2.24) is 5.32 Å². The molecule has 2 aromatic rings. The van der Waals surface area contributed by atoms with Gasteiger partial charge in [-0.25, -0.2) is 0 Å². The maximum Gasteiger partial charge on any atom is 0.0800 e. The second kappa shape index (κ2) is 5.78. The van der Waals surface area contributed by atoms with Crippen molar-refractivity contribution in [3.05, 3.63) is 71.3 Å². The average molecular weight is 267 g/mol. The molecule has 1 aliphatic rings. The average Bonchev–Trinajstić information content (AvgIpc) is 2.54. The SMILES string of the molecule is CC(c1ccccc1)C(O)C1NCCc2ccccc21. The van der Waals surface area contributed by atoms with Crippen molar-refractivity contribution in [2.75, 3.05) is 6.54 Å². The first-order valence-corrected chi connectivity index (χ1v) is 7.31. The summed E-state index contributed by atoms with van der Waals surface area (Å²) in [6.45, 7) is 3.03. The van der Waals surface area contributed by atoms with Gasteiger partial charge in [-0.3, -0.25) is 0 Å². The highest BCUT2D eigenvalue weighted by molar-refractivity contribution is 5.34. The van der Waals surface area contributed by atoms with E-state index in [-0.39, 0.29) is 12.0 Å². The Labute approximate surface area is 120 Å². The van der Waals surface area contributed by atoms with Gasteiger partial charge in [-0.1, -0.05) is 61.5 Å². The summed E-state index contributed by atoms with van der Waals surface area (Å²) in [6, 6.07) is 18.7. The minimum atomic E-state index is -0.418. The van der Waals surface area contributed by atoms with Crippen molar-refractivity contribution in [2.45, 2.75) is 31.4 Å². The number of benzene rings is 2. The van der Waals surface area contributed by atoms with E-state index in [9.17, 15) is 5.11 Å². The van der Waals surface area contributed by atoms with Crippen LogP contribution in [-0.4, -0.2) is 17.8 Å². The molecule has 2 aromatic carbocycles. The summed E-state index contributed by atoms with van der Waals surface area (Å²) in [4.78, 5) is 0. The van der Waals surface area contributed by atoms with Crippen LogP contribution in [0.4, 0.5) is 0 Å². The third kappa shape index (κ3) is 2.49. The molecule has 3 rings (SSSR count). The van der Waals surface area contributed by atoms with Crippen LogP contribution < -0.4 is 5.32 Å². The highest BCUT2D eigenvalue weighted by Crippen LogP contribution is 2.32. The van der Waals surface area contributed by atoms with Crippen LogP contribution in [0.25, 0.3) is 0 Å². The number of fused-ring (bicyclic) bond motifs is 1. The predicted octanol–water partition coefficient (Wildman–Crippen LogP) is 3.04. The minimum absolute atomic E-state index is 0.0233. The molecule has 0 bridgehead atoms. The van der Waals surface area contributed by atoms with Gasteiger partial charge in [0.05, 0.1) is 12.1 Å². The third-order valence-corrected chi connectivity index (χ3v) is 4.33. The van der Waals surface area contributed by atoms with E-state index in [2.05, 4.69) is 48.6 Å². The summed E-state index contributed by atoms with van der Waals surface area (Å²) in [7, 11) is 0. The molecule has 0 amide bonds. The van der Waals surface area contributed by atoms with Crippen molar-refractivity contribution >= 4 is 0 Å². The van der Waals surface area contributed by atoms with E-state index >= 15 is 0 Å². The zero-order valence-electron chi connectivity index (χ0n) is 11.8. The van der Waals surface area contributed by atoms with E-state index in [0.717, 1.165) is 13.0 Å². The fourth-order valence-electron chi connectivity index (χ4n) is 3.08. The Balaban J connectivity index is 1.87. The first-order chi connectivity index (χ1) is 9.77. The van der Waals surface area contributed by atoms with Gasteiger partial charge >= 0.3 is 0 Å². The van der Waals surface area contributed by atoms with Gasteiger partial charge in [0, 0.05) is 5.92 Å². The van der Waals surface area contributed by atoms with Crippen molar-refractivity contribution in [3.63, 3.8) is 0 Å². The Morgan fingerprint density at radius 1 is 1.05 bits per heavy atom. The summed E-state index contributed by atoms with van der Waals surface area (Å²) in [5, 5.41) is 14.3. The first-order valence-electron chi connectivity index (χ1n) is 7.31. The molecule has 0 radical (unpaired) electrons. The molecular formula is C18H21NO. The highest BCUT2D eigenvalue weighted by atomic mass is 16.3. The van der Waals surface area contributed by atoms with Gasteiger partial charge < -0.3 is 10.4 Å². The molecule has 0 aromatic heterocycles. The molecule has 0 saturated carbocycles. The standard InChI is InChI=1S/C18H21NO/c1-13(14-7-3-2-4-8-14)18(20)17-16-10-6-5-9-15(16)11-12-19-17/h2-10,13,17-20H,11-12H2,1H3. The molecule has 104 valence electrons. The Morgan fingerprint density at radius 2 is 1.75 bits per heavy atom. The Bertz CT molecular complexity index is 567. The van der Waals surface area contributed by atoms with Crippen molar-refractivity contribution in [3.8, 4) is 0 Å². The summed E-state index contributed by atoms with van der Waals surface area (Å²) in [5.41, 5.74) is 3.79. The van der Waals surface area contributed by atoms with Crippen molar-refractivity contribution < 1.29 is 5.11 Å². The van der Waals surface area contributed by atoms with Gasteiger partial charge in [-0.15, -0.1) is 0 Å². The molecule has 0 spiro atoms. The molecule has 20 heavy (non-hydrogen) atoms. The third-order valence-electron chi connectivity index (χ3n) is 4.33. The fourth-order valence-corrected chi connectivity index (χ4v) is 3.08. The quantitative estimate of drug-likeness (QED) is 0.896. The topological polar surface area (TPSA) is 32.3 Å². The van der Waals surface area contributed by atoms with Crippen LogP contribution in [0, 0.1) is 0 Å². The van der Waals surface area contributed by atoms with Gasteiger partial charge in [0.15, 0.2) is 0 Å². The van der Waals surface area contributed by atoms with E-state index < -0.39 is 6.10 Å². The lowest BCUT2D eigenvalue weighted by Crippen LogP contribution is -2.39. The number of nitrogens with one attached hydrogen (secondary N) is 1. The number of aliphatic hydroxyl groups is 1. The van der Waals surface area contributed by atoms with E-state index in [1.807, 2.05) is 18.2 Å². The maximum absolute atomic E-state index is 10.8. The molecule has 1 aliphatic heterocycles. The zero-order valence-corrected chi connectivity index (χ0v) is 11.8. The van der Waals surface area contributed by atoms with E-state index in [1.165, 1.54) is 16.7 Å². The monoisotopic (exact) mass is 267 g/mol. The number of aliphatic hydroxyl groups excluding tert-OH is 1. The zero-order chi connectivity index (χ0) is 13.9. The van der Waals surface area contributed by atoms with Gasteiger partial charge in [0.25, 0.3) is 0 Å². The smallest absolute Gasteiger partial charge is 0.0800 e. The summed E-state index contributed by atoms with van der Waals surface area (Å²) >= 11 is 0. The van der Waals surface area contributed by atoms with E-state index in [1.54, 1.807) is 0 Å². The van der Waals surface area contributed by atoms with Crippen LogP contribution in [0.2, 0.25) is 0 Å². The molecule has 3 unspecified atom stereocenters. The van der Waals surface area contributed by atoms with E-state index in [4.69, 9.17) is 0 Å². The van der Waals surface area contributed by atoms with Crippen LogP contribution in [0.3, 0.4) is 0 Å². The van der Waals surface area contributed by atoms with Crippen LogP contribution in [0.1, 0.15) is 35.6 Å². The maximum atomic E-state index is 10.8. The first kappa shape index (κ1) is 13.3. The molecule has 0 fully saturated rings. The van der Waals surface area contributed by atoms with Gasteiger partial charge in [0.2, 0.25) is 0 Å².